The molecule has 1 aromatic carbocycles. The first-order valence-corrected chi connectivity index (χ1v) is 4.89. The molecule has 0 radical (unpaired) electrons. The van der Waals surface area contributed by atoms with E-state index in [1.165, 1.54) is 18.2 Å². The van der Waals surface area contributed by atoms with E-state index in [1.54, 1.807) is 6.92 Å². The average Bonchev–Trinajstić information content (AvgIpc) is 2.17. The second-order valence-corrected chi connectivity index (χ2v) is 3.61. The zero-order valence-electron chi connectivity index (χ0n) is 8.26. The molecule has 0 aliphatic rings. The molecule has 3 N–H and O–H groups in total. The number of carbonyl (C=O) groups excluding carboxylic acids is 1. The normalized spacial score (nSPS) is 12.3. The van der Waals surface area contributed by atoms with Crippen molar-refractivity contribution in [2.24, 2.45) is 5.73 Å². The Kier molecular flexibility index (Phi) is 4.05. The third-order valence-corrected chi connectivity index (χ3v) is 2.24. The summed E-state index contributed by atoms with van der Waals surface area (Å²) in [5.41, 5.74) is 5.19. The van der Waals surface area contributed by atoms with Gasteiger partial charge < -0.3 is 11.1 Å². The summed E-state index contributed by atoms with van der Waals surface area (Å²) in [5, 5.41) is 2.63. The van der Waals surface area contributed by atoms with E-state index in [0.717, 1.165) is 0 Å². The van der Waals surface area contributed by atoms with Crippen molar-refractivity contribution in [2.75, 3.05) is 6.54 Å². The summed E-state index contributed by atoms with van der Waals surface area (Å²) in [4.78, 5) is 11.6. The molecule has 3 nitrogen and oxygen atoms in total. The Morgan fingerprint density at radius 1 is 1.67 bits per heavy atom. The van der Waals surface area contributed by atoms with Crippen molar-refractivity contribution in [3.05, 3.63) is 34.6 Å². The van der Waals surface area contributed by atoms with Gasteiger partial charge in [-0.1, -0.05) is 17.7 Å². The summed E-state index contributed by atoms with van der Waals surface area (Å²) >= 11 is 5.72. The van der Waals surface area contributed by atoms with Gasteiger partial charge >= 0.3 is 0 Å². The molecule has 0 bridgehead atoms. The first-order chi connectivity index (χ1) is 7.06. The second-order valence-electron chi connectivity index (χ2n) is 3.21. The summed E-state index contributed by atoms with van der Waals surface area (Å²) in [6.45, 7) is 2.02. The molecule has 0 heterocycles. The van der Waals surface area contributed by atoms with Crippen molar-refractivity contribution >= 4 is 17.5 Å². The Morgan fingerprint density at radius 3 is 2.87 bits per heavy atom. The number of carbonyl (C=O) groups is 1. The van der Waals surface area contributed by atoms with E-state index in [4.69, 9.17) is 17.3 Å². The van der Waals surface area contributed by atoms with Crippen LogP contribution >= 0.6 is 11.6 Å². The standard InChI is InChI=1S/C10H12ClFN2O/c1-6(5-13)14-10(15)9-7(11)3-2-4-8(9)12/h2-4,6H,5,13H2,1H3,(H,14,15)/t6-/m0/s1. The Hall–Kier alpha value is -1.13. The number of halogens is 2. The third kappa shape index (κ3) is 2.91. The molecule has 0 aliphatic heterocycles. The van der Waals surface area contributed by atoms with Gasteiger partial charge in [0.05, 0.1) is 10.6 Å². The quantitative estimate of drug-likeness (QED) is 0.828. The first-order valence-electron chi connectivity index (χ1n) is 4.51. The lowest BCUT2D eigenvalue weighted by atomic mass is 10.2. The van der Waals surface area contributed by atoms with Crippen molar-refractivity contribution in [1.29, 1.82) is 0 Å². The summed E-state index contributed by atoms with van der Waals surface area (Å²) in [6, 6.07) is 3.88. The Bertz CT molecular complexity index is 350. The predicted molar refractivity (Wildman–Crippen MR) is 57.4 cm³/mol. The van der Waals surface area contributed by atoms with Gasteiger partial charge in [-0.2, -0.15) is 0 Å². The highest BCUT2D eigenvalue weighted by atomic mass is 35.5. The van der Waals surface area contributed by atoms with E-state index in [1.807, 2.05) is 0 Å². The number of nitrogens with one attached hydrogen (secondary N) is 1. The lowest BCUT2D eigenvalue weighted by Gasteiger charge is -2.12. The minimum absolute atomic E-state index is 0.0942. The van der Waals surface area contributed by atoms with E-state index in [2.05, 4.69) is 5.32 Å². The van der Waals surface area contributed by atoms with E-state index >= 15 is 0 Å². The second kappa shape index (κ2) is 5.09. The molecular weight excluding hydrogens is 219 g/mol. The van der Waals surface area contributed by atoms with Crippen molar-refractivity contribution in [3.63, 3.8) is 0 Å². The maximum absolute atomic E-state index is 13.3. The van der Waals surface area contributed by atoms with Gasteiger partial charge in [0.1, 0.15) is 5.82 Å². The van der Waals surface area contributed by atoms with Crippen LogP contribution in [0.1, 0.15) is 17.3 Å². The van der Waals surface area contributed by atoms with Crippen LogP contribution in [0.4, 0.5) is 4.39 Å². The van der Waals surface area contributed by atoms with Crippen LogP contribution < -0.4 is 11.1 Å². The monoisotopic (exact) mass is 230 g/mol. The molecule has 1 atom stereocenters. The van der Waals surface area contributed by atoms with E-state index in [9.17, 15) is 9.18 Å². The van der Waals surface area contributed by atoms with Crippen LogP contribution in [-0.2, 0) is 0 Å². The zero-order valence-corrected chi connectivity index (χ0v) is 9.01. The molecule has 15 heavy (non-hydrogen) atoms. The molecule has 1 amide bonds. The Balaban J connectivity index is 2.91. The lowest BCUT2D eigenvalue weighted by Crippen LogP contribution is -2.38. The van der Waals surface area contributed by atoms with Crippen LogP contribution in [0.3, 0.4) is 0 Å². The Labute approximate surface area is 92.4 Å². The zero-order chi connectivity index (χ0) is 11.4. The molecule has 5 heteroatoms. The highest BCUT2D eigenvalue weighted by molar-refractivity contribution is 6.33. The first kappa shape index (κ1) is 11.9. The highest BCUT2D eigenvalue weighted by Crippen LogP contribution is 2.18. The molecule has 0 aliphatic carbocycles. The van der Waals surface area contributed by atoms with Crippen molar-refractivity contribution in [3.8, 4) is 0 Å². The van der Waals surface area contributed by atoms with Crippen LogP contribution in [0.5, 0.6) is 0 Å². The van der Waals surface area contributed by atoms with Gasteiger partial charge in [0, 0.05) is 12.6 Å². The number of nitrogens with two attached hydrogens (primary N) is 1. The molecular formula is C10H12ClFN2O. The van der Waals surface area contributed by atoms with Crippen molar-refractivity contribution in [1.82, 2.24) is 5.32 Å². The van der Waals surface area contributed by atoms with E-state index in [-0.39, 0.29) is 23.2 Å². The SMILES string of the molecule is C[C@@H](CN)NC(=O)c1c(F)cccc1Cl. The number of rotatable bonds is 3. The van der Waals surface area contributed by atoms with E-state index < -0.39 is 11.7 Å². The van der Waals surface area contributed by atoms with Crippen LogP contribution in [0.25, 0.3) is 0 Å². The minimum Gasteiger partial charge on any atom is -0.348 e. The maximum Gasteiger partial charge on any atom is 0.256 e. The maximum atomic E-state index is 13.3. The summed E-state index contributed by atoms with van der Waals surface area (Å²) in [7, 11) is 0. The minimum atomic E-state index is -0.635. The fraction of sp³-hybridized carbons (Fsp3) is 0.300. The number of hydrogen-bond donors (Lipinski definition) is 2. The number of hydrogen-bond acceptors (Lipinski definition) is 2. The van der Waals surface area contributed by atoms with Crippen molar-refractivity contribution < 1.29 is 9.18 Å². The Morgan fingerprint density at radius 2 is 2.33 bits per heavy atom. The molecule has 0 aromatic heterocycles. The van der Waals surface area contributed by atoms with Gasteiger partial charge in [0.15, 0.2) is 0 Å². The molecule has 0 saturated heterocycles. The van der Waals surface area contributed by atoms with Crippen LogP contribution in [0.15, 0.2) is 18.2 Å². The molecule has 1 rings (SSSR count). The predicted octanol–water partition coefficient (Wildman–Crippen LogP) is 1.56. The summed E-state index contributed by atoms with van der Waals surface area (Å²) in [5.74, 6) is -1.18. The molecule has 1 aromatic rings. The van der Waals surface area contributed by atoms with Crippen molar-refractivity contribution in [2.45, 2.75) is 13.0 Å². The highest BCUT2D eigenvalue weighted by Gasteiger charge is 2.16. The van der Waals surface area contributed by atoms with Crippen LogP contribution in [0, 0.1) is 5.82 Å². The summed E-state index contributed by atoms with van der Waals surface area (Å²) in [6.07, 6.45) is 0. The fourth-order valence-corrected chi connectivity index (χ4v) is 1.32. The largest absolute Gasteiger partial charge is 0.348 e. The molecule has 0 fully saturated rings. The topological polar surface area (TPSA) is 55.1 Å². The van der Waals surface area contributed by atoms with Gasteiger partial charge in [-0.3, -0.25) is 4.79 Å². The van der Waals surface area contributed by atoms with Gasteiger partial charge in [-0.15, -0.1) is 0 Å². The molecule has 0 saturated carbocycles. The molecule has 82 valence electrons. The smallest absolute Gasteiger partial charge is 0.256 e. The van der Waals surface area contributed by atoms with Crippen LogP contribution in [-0.4, -0.2) is 18.5 Å². The molecule has 0 spiro atoms. The number of benzene rings is 1. The van der Waals surface area contributed by atoms with Gasteiger partial charge in [-0.05, 0) is 19.1 Å². The van der Waals surface area contributed by atoms with Gasteiger partial charge in [0.2, 0.25) is 0 Å². The van der Waals surface area contributed by atoms with E-state index in [0.29, 0.717) is 0 Å². The van der Waals surface area contributed by atoms with Crippen LogP contribution in [0.2, 0.25) is 5.02 Å². The number of amides is 1. The van der Waals surface area contributed by atoms with Gasteiger partial charge in [0.25, 0.3) is 5.91 Å². The molecule has 0 unspecified atom stereocenters. The fourth-order valence-electron chi connectivity index (χ4n) is 1.07. The lowest BCUT2D eigenvalue weighted by molar-refractivity contribution is 0.0937. The summed E-state index contributed by atoms with van der Waals surface area (Å²) < 4.78 is 13.3. The van der Waals surface area contributed by atoms with Gasteiger partial charge in [-0.25, -0.2) is 4.39 Å². The average molecular weight is 231 g/mol. The third-order valence-electron chi connectivity index (χ3n) is 1.92.